The predicted molar refractivity (Wildman–Crippen MR) is 233 cm³/mol. The van der Waals surface area contributed by atoms with E-state index in [0.717, 1.165) is 11.0 Å². The number of pyridine rings is 2. The molecule has 0 fully saturated rings. The minimum absolute atomic E-state index is 0. The standard InChI is InChI=1S/C20H18.C10H10N2.8C2H6.CH4/c1-15-3-7-17(8-4-15)19-11-13-20(14-12-19)18-9-5-16(2)6-10-18;1-7-3-5-12-10-8(2)4-6-11-9(7)10;8*1-2;/h3-14H,1-2H3;3-6H,1-2H3;8*1-2H3;1H4. The van der Waals surface area contributed by atoms with Crippen molar-refractivity contribution in [3.63, 3.8) is 0 Å². The van der Waals surface area contributed by atoms with Gasteiger partial charge in [0.1, 0.15) is 0 Å². The number of hydrogen-bond acceptors (Lipinski definition) is 2. The summed E-state index contributed by atoms with van der Waals surface area (Å²) < 4.78 is 0. The van der Waals surface area contributed by atoms with Gasteiger partial charge in [-0.3, -0.25) is 9.97 Å². The molecular formula is C47H80N2. The van der Waals surface area contributed by atoms with Crippen LogP contribution >= 0.6 is 0 Å². The molecule has 0 radical (unpaired) electrons. The Morgan fingerprint density at radius 3 is 0.673 bits per heavy atom. The summed E-state index contributed by atoms with van der Waals surface area (Å²) in [7, 11) is 0. The molecule has 0 bridgehead atoms. The van der Waals surface area contributed by atoms with Crippen LogP contribution in [0.2, 0.25) is 0 Å². The van der Waals surface area contributed by atoms with E-state index >= 15 is 0 Å². The molecule has 0 aliphatic carbocycles. The Bertz CT molecular complexity index is 1210. The van der Waals surface area contributed by atoms with Crippen LogP contribution in [0.4, 0.5) is 0 Å². The van der Waals surface area contributed by atoms with Gasteiger partial charge in [-0.1, -0.05) is 202 Å². The summed E-state index contributed by atoms with van der Waals surface area (Å²) in [6.45, 7) is 40.3. The zero-order chi connectivity index (χ0) is 38.5. The predicted octanol–water partition coefficient (Wildman–Crippen LogP) is 16.7. The molecule has 5 rings (SSSR count). The Hall–Kier alpha value is -3.78. The number of nitrogens with zero attached hydrogens (tertiary/aromatic N) is 2. The summed E-state index contributed by atoms with van der Waals surface area (Å²) in [6, 6.07) is 30.1. The largest absolute Gasteiger partial charge is 0.254 e. The van der Waals surface area contributed by atoms with Gasteiger partial charge in [0.05, 0.1) is 11.0 Å². The minimum Gasteiger partial charge on any atom is -0.254 e. The number of hydrogen-bond donors (Lipinski definition) is 0. The first-order valence-electron chi connectivity index (χ1n) is 18.9. The zero-order valence-corrected chi connectivity index (χ0v) is 35.1. The molecule has 5 aromatic rings. The van der Waals surface area contributed by atoms with Gasteiger partial charge in [0.25, 0.3) is 0 Å². The normalized spacial score (nSPS) is 7.84. The van der Waals surface area contributed by atoms with Crippen molar-refractivity contribution in [2.75, 3.05) is 0 Å². The molecule has 2 heterocycles. The fourth-order valence-electron chi connectivity index (χ4n) is 3.65. The lowest BCUT2D eigenvalue weighted by Gasteiger charge is -2.06. The first kappa shape index (κ1) is 57.5. The van der Waals surface area contributed by atoms with E-state index in [9.17, 15) is 0 Å². The Labute approximate surface area is 307 Å². The maximum atomic E-state index is 4.28. The van der Waals surface area contributed by atoms with Gasteiger partial charge < -0.3 is 0 Å². The smallest absolute Gasteiger partial charge is 0.0918 e. The number of fused-ring (bicyclic) bond motifs is 1. The molecule has 0 amide bonds. The number of rotatable bonds is 2. The second-order valence-corrected chi connectivity index (χ2v) is 8.26. The molecule has 0 saturated carbocycles. The van der Waals surface area contributed by atoms with Crippen LogP contribution in [0.25, 0.3) is 33.3 Å². The zero-order valence-electron chi connectivity index (χ0n) is 35.1. The number of aryl methyl sites for hydroxylation is 4. The van der Waals surface area contributed by atoms with E-state index in [1.54, 1.807) is 0 Å². The van der Waals surface area contributed by atoms with Crippen molar-refractivity contribution in [1.82, 2.24) is 9.97 Å². The van der Waals surface area contributed by atoms with Crippen LogP contribution in [0.5, 0.6) is 0 Å². The average molecular weight is 673 g/mol. The number of benzene rings is 3. The lowest BCUT2D eigenvalue weighted by molar-refractivity contribution is 1.27. The van der Waals surface area contributed by atoms with Gasteiger partial charge in [0, 0.05) is 12.4 Å². The highest BCUT2D eigenvalue weighted by Gasteiger charge is 2.01. The van der Waals surface area contributed by atoms with E-state index in [1.807, 2.05) is 135 Å². The van der Waals surface area contributed by atoms with Crippen molar-refractivity contribution in [3.05, 3.63) is 120 Å². The highest BCUT2D eigenvalue weighted by atomic mass is 14.7. The molecule has 0 unspecified atom stereocenters. The van der Waals surface area contributed by atoms with Gasteiger partial charge in [-0.05, 0) is 73.2 Å². The van der Waals surface area contributed by atoms with Crippen molar-refractivity contribution in [2.24, 2.45) is 0 Å². The Balaban J connectivity index is -0.000000138. The molecule has 2 aromatic heterocycles. The molecule has 0 aliphatic rings. The first-order valence-corrected chi connectivity index (χ1v) is 18.9. The van der Waals surface area contributed by atoms with Gasteiger partial charge in [-0.15, -0.1) is 0 Å². The highest BCUT2D eigenvalue weighted by Crippen LogP contribution is 2.25. The van der Waals surface area contributed by atoms with Crippen LogP contribution in [-0.4, -0.2) is 9.97 Å². The van der Waals surface area contributed by atoms with Gasteiger partial charge >= 0.3 is 0 Å². The summed E-state index contributed by atoms with van der Waals surface area (Å²) in [5, 5.41) is 0. The summed E-state index contributed by atoms with van der Waals surface area (Å²) in [4.78, 5) is 8.56. The van der Waals surface area contributed by atoms with Crippen molar-refractivity contribution in [2.45, 2.75) is 146 Å². The molecule has 2 heteroatoms. The maximum Gasteiger partial charge on any atom is 0.0918 e. The Morgan fingerprint density at radius 2 is 0.469 bits per heavy atom. The van der Waals surface area contributed by atoms with E-state index in [-0.39, 0.29) is 7.43 Å². The molecule has 0 spiro atoms. The van der Waals surface area contributed by atoms with Crippen LogP contribution in [0, 0.1) is 27.7 Å². The minimum atomic E-state index is 0. The van der Waals surface area contributed by atoms with Gasteiger partial charge in [-0.2, -0.15) is 0 Å². The third kappa shape index (κ3) is 23.3. The summed E-state index contributed by atoms with van der Waals surface area (Å²) in [6.07, 6.45) is 3.65. The van der Waals surface area contributed by atoms with E-state index in [0.29, 0.717) is 0 Å². The van der Waals surface area contributed by atoms with Crippen molar-refractivity contribution in [1.29, 1.82) is 0 Å². The molecule has 3 aromatic carbocycles. The van der Waals surface area contributed by atoms with E-state index in [2.05, 4.69) is 110 Å². The Kier molecular flexibility index (Phi) is 49.6. The molecule has 0 atom stereocenters. The lowest BCUT2D eigenvalue weighted by atomic mass is 9.99. The second kappa shape index (κ2) is 42.2. The van der Waals surface area contributed by atoms with Crippen LogP contribution in [0.15, 0.2) is 97.3 Å². The molecule has 278 valence electrons. The van der Waals surface area contributed by atoms with Crippen LogP contribution in [0.1, 0.15) is 140 Å². The third-order valence-electron chi connectivity index (χ3n) is 5.68. The van der Waals surface area contributed by atoms with Gasteiger partial charge in [0.15, 0.2) is 0 Å². The number of aromatic nitrogens is 2. The molecule has 0 aliphatic heterocycles. The van der Waals surface area contributed by atoms with Gasteiger partial charge in [0.2, 0.25) is 0 Å². The Morgan fingerprint density at radius 1 is 0.286 bits per heavy atom. The van der Waals surface area contributed by atoms with Crippen molar-refractivity contribution < 1.29 is 0 Å². The summed E-state index contributed by atoms with van der Waals surface area (Å²) >= 11 is 0. The lowest BCUT2D eigenvalue weighted by Crippen LogP contribution is -1.88. The van der Waals surface area contributed by atoms with Crippen LogP contribution < -0.4 is 0 Å². The monoisotopic (exact) mass is 673 g/mol. The van der Waals surface area contributed by atoms with Crippen molar-refractivity contribution >= 4 is 11.0 Å². The summed E-state index contributed by atoms with van der Waals surface area (Å²) in [5.41, 5.74) is 12.1. The molecule has 0 saturated heterocycles. The fourth-order valence-corrected chi connectivity index (χ4v) is 3.65. The van der Waals surface area contributed by atoms with Crippen LogP contribution in [-0.2, 0) is 0 Å². The van der Waals surface area contributed by atoms with E-state index < -0.39 is 0 Å². The topological polar surface area (TPSA) is 25.8 Å². The molecule has 0 N–H and O–H groups in total. The maximum absolute atomic E-state index is 4.28. The van der Waals surface area contributed by atoms with Crippen LogP contribution in [0.3, 0.4) is 0 Å². The van der Waals surface area contributed by atoms with Crippen molar-refractivity contribution in [3.8, 4) is 22.3 Å². The fraction of sp³-hybridized carbons (Fsp3) is 0.447. The summed E-state index contributed by atoms with van der Waals surface area (Å²) in [5.74, 6) is 0. The first-order chi connectivity index (χ1) is 23.5. The van der Waals surface area contributed by atoms with Gasteiger partial charge in [-0.25, -0.2) is 0 Å². The SMILES string of the molecule is C.CC.CC.CC.CC.CC.CC.CC.CC.Cc1ccc(-c2ccc(-c3ccc(C)cc3)cc2)cc1.Cc1ccnc2c(C)ccnc12. The average Bonchev–Trinajstić information content (AvgIpc) is 3.20. The molecule has 2 nitrogen and oxygen atoms in total. The molecule has 49 heavy (non-hydrogen) atoms. The third-order valence-corrected chi connectivity index (χ3v) is 5.68. The molecular weight excluding hydrogens is 593 g/mol. The van der Waals surface area contributed by atoms with E-state index in [1.165, 1.54) is 44.5 Å². The second-order valence-electron chi connectivity index (χ2n) is 8.26. The van der Waals surface area contributed by atoms with E-state index in [4.69, 9.17) is 0 Å². The highest BCUT2D eigenvalue weighted by molar-refractivity contribution is 5.80. The quantitative estimate of drug-likeness (QED) is 0.186.